The van der Waals surface area contributed by atoms with Gasteiger partial charge in [0.05, 0.1) is 23.3 Å². The Balaban J connectivity index is 0.00000168. The molecule has 4 heterocycles. The Bertz CT molecular complexity index is 1460. The molecule has 2 aromatic heterocycles. The molecule has 2 aliphatic heterocycles. The van der Waals surface area contributed by atoms with Gasteiger partial charge in [0.15, 0.2) is 12.4 Å². The van der Waals surface area contributed by atoms with Crippen LogP contribution in [-0.2, 0) is 4.79 Å². The summed E-state index contributed by atoms with van der Waals surface area (Å²) in [5, 5.41) is 0.614. The van der Waals surface area contributed by atoms with Crippen molar-refractivity contribution < 1.29 is 13.9 Å². The van der Waals surface area contributed by atoms with Gasteiger partial charge in [0.25, 0.3) is 5.91 Å². The van der Waals surface area contributed by atoms with E-state index in [2.05, 4.69) is 14.9 Å². The number of ether oxygens (including phenoxy) is 1. The summed E-state index contributed by atoms with van der Waals surface area (Å²) in [6, 6.07) is 16.9. The first-order valence-electron chi connectivity index (χ1n) is 11.6. The minimum absolute atomic E-state index is 0. The number of rotatable bonds is 5. The van der Waals surface area contributed by atoms with Crippen LogP contribution in [0.1, 0.15) is 6.42 Å². The van der Waals surface area contributed by atoms with E-state index in [9.17, 15) is 9.18 Å². The van der Waals surface area contributed by atoms with E-state index in [4.69, 9.17) is 27.1 Å². The molecular weight excluding hydrogens is 547 g/mol. The molecule has 0 saturated carbocycles. The number of piperazine rings is 1. The summed E-state index contributed by atoms with van der Waals surface area (Å²) < 4.78 is 19.0. The van der Waals surface area contributed by atoms with Crippen LogP contribution in [0, 0.1) is 5.82 Å². The van der Waals surface area contributed by atoms with Gasteiger partial charge in [-0.25, -0.2) is 14.4 Å². The molecule has 2 saturated heterocycles. The Morgan fingerprint density at radius 2 is 1.71 bits per heavy atom. The van der Waals surface area contributed by atoms with E-state index in [1.54, 1.807) is 36.4 Å². The number of hydrogen-bond acceptors (Lipinski definition) is 7. The molecule has 2 aliphatic rings. The average molecular weight is 573 g/mol. The number of nitrogen functional groups attached to an aromatic ring is 1. The molecule has 12 heteroatoms. The topological polar surface area (TPSA) is 97.5 Å². The summed E-state index contributed by atoms with van der Waals surface area (Å²) >= 11 is 5.91. The molecule has 8 nitrogen and oxygen atoms in total. The maximum absolute atomic E-state index is 13.4. The number of nitrogens with two attached hydrogens (primary N) is 1. The van der Waals surface area contributed by atoms with Crippen molar-refractivity contribution in [3.63, 3.8) is 0 Å². The van der Waals surface area contributed by atoms with Crippen molar-refractivity contribution in [3.8, 4) is 17.0 Å². The standard InChI is InChI=1S/C26H22ClFN6O2.2H2S/c27-16-3-7-20(8-4-16)36-14-23(35)33-12-19-11-18(33)13-34(19)25-24-22(31-26(29)32-25)10-9-21(30-24)15-1-5-17(28)6-2-15;;/h1-10,18-19H,11-14H2,(H2,29,31,32);2*1H2/t18-,19-;;/m1../s1. The Labute approximate surface area is 237 Å². The highest BCUT2D eigenvalue weighted by Gasteiger charge is 2.46. The molecule has 2 bridgehead atoms. The van der Waals surface area contributed by atoms with Gasteiger partial charge < -0.3 is 20.3 Å². The summed E-state index contributed by atoms with van der Waals surface area (Å²) in [6.07, 6.45) is 0.829. The number of hydrogen-bond donors (Lipinski definition) is 1. The van der Waals surface area contributed by atoms with E-state index in [0.29, 0.717) is 46.4 Å². The first kappa shape index (κ1) is 27.7. The van der Waals surface area contributed by atoms with Gasteiger partial charge in [-0.1, -0.05) is 11.6 Å². The van der Waals surface area contributed by atoms with Gasteiger partial charge in [0, 0.05) is 23.7 Å². The number of likely N-dealkylation sites (tertiary alicyclic amines) is 1. The van der Waals surface area contributed by atoms with Gasteiger partial charge in [0.2, 0.25) is 5.95 Å². The summed E-state index contributed by atoms with van der Waals surface area (Å²) in [5.74, 6) is 1.06. The van der Waals surface area contributed by atoms with Crippen LogP contribution in [0.3, 0.4) is 0 Å². The zero-order chi connectivity index (χ0) is 24.8. The first-order valence-corrected chi connectivity index (χ1v) is 12.0. The molecule has 38 heavy (non-hydrogen) atoms. The van der Waals surface area contributed by atoms with E-state index in [1.165, 1.54) is 12.1 Å². The number of amides is 1. The lowest BCUT2D eigenvalue weighted by molar-refractivity contribution is -0.134. The number of carbonyl (C=O) groups is 1. The van der Waals surface area contributed by atoms with Crippen LogP contribution in [0.2, 0.25) is 5.02 Å². The third kappa shape index (κ3) is 5.31. The Morgan fingerprint density at radius 1 is 0.974 bits per heavy atom. The van der Waals surface area contributed by atoms with Crippen molar-refractivity contribution in [2.75, 3.05) is 30.3 Å². The van der Waals surface area contributed by atoms with Crippen molar-refractivity contribution >= 4 is 67.3 Å². The van der Waals surface area contributed by atoms with Crippen LogP contribution in [-0.4, -0.2) is 57.5 Å². The van der Waals surface area contributed by atoms with Crippen LogP contribution in [0.4, 0.5) is 16.2 Å². The number of carbonyl (C=O) groups excluding carboxylic acids is 1. The zero-order valence-corrected chi connectivity index (χ0v) is 22.9. The SMILES string of the molecule is Nc1nc(N2C[C@H]3C[C@@H]2CN3C(=O)COc2ccc(Cl)cc2)c2nc(-c3ccc(F)cc3)ccc2n1.S.S. The summed E-state index contributed by atoms with van der Waals surface area (Å²) in [4.78, 5) is 30.6. The molecule has 0 aliphatic carbocycles. The highest BCUT2D eigenvalue weighted by molar-refractivity contribution is 7.59. The van der Waals surface area contributed by atoms with Crippen LogP contribution in [0.15, 0.2) is 60.7 Å². The summed E-state index contributed by atoms with van der Waals surface area (Å²) in [5.41, 5.74) is 8.78. The van der Waals surface area contributed by atoms with Crippen molar-refractivity contribution in [3.05, 3.63) is 71.5 Å². The lowest BCUT2D eigenvalue weighted by Crippen LogP contribution is -2.50. The number of nitrogens with zero attached hydrogens (tertiary/aromatic N) is 5. The number of halogens is 2. The molecule has 0 radical (unpaired) electrons. The molecule has 4 aromatic rings. The van der Waals surface area contributed by atoms with Crippen LogP contribution < -0.4 is 15.4 Å². The molecule has 6 rings (SSSR count). The number of benzene rings is 2. The maximum Gasteiger partial charge on any atom is 0.260 e. The number of aromatic nitrogens is 3. The molecule has 0 spiro atoms. The number of fused-ring (bicyclic) bond motifs is 3. The van der Waals surface area contributed by atoms with Crippen molar-refractivity contribution in [1.29, 1.82) is 0 Å². The quantitative estimate of drug-likeness (QED) is 0.383. The molecular formula is C26H26ClFN6O2S2. The normalized spacial score (nSPS) is 17.7. The minimum atomic E-state index is -0.304. The zero-order valence-electron chi connectivity index (χ0n) is 20.1. The van der Waals surface area contributed by atoms with Crippen molar-refractivity contribution in [1.82, 2.24) is 19.9 Å². The van der Waals surface area contributed by atoms with E-state index in [-0.39, 0.29) is 63.4 Å². The highest BCUT2D eigenvalue weighted by Crippen LogP contribution is 2.37. The van der Waals surface area contributed by atoms with E-state index >= 15 is 0 Å². The van der Waals surface area contributed by atoms with Crippen molar-refractivity contribution in [2.45, 2.75) is 18.5 Å². The van der Waals surface area contributed by atoms with E-state index in [0.717, 1.165) is 12.0 Å². The minimum Gasteiger partial charge on any atom is -0.484 e. The smallest absolute Gasteiger partial charge is 0.260 e. The van der Waals surface area contributed by atoms with E-state index in [1.807, 2.05) is 17.0 Å². The fourth-order valence-corrected chi connectivity index (χ4v) is 5.11. The molecule has 2 N–H and O–H groups in total. The second-order valence-electron chi connectivity index (χ2n) is 8.96. The molecule has 198 valence electrons. The van der Waals surface area contributed by atoms with E-state index < -0.39 is 0 Å². The van der Waals surface area contributed by atoms with Gasteiger partial charge in [-0.3, -0.25) is 4.79 Å². The number of anilines is 2. The molecule has 2 fully saturated rings. The van der Waals surface area contributed by atoms with Crippen LogP contribution in [0.25, 0.3) is 22.3 Å². The molecule has 2 aromatic carbocycles. The van der Waals surface area contributed by atoms with Gasteiger partial charge in [0.1, 0.15) is 17.1 Å². The Hall–Kier alpha value is -3.28. The first-order chi connectivity index (χ1) is 17.4. The average Bonchev–Trinajstić information content (AvgIpc) is 3.49. The molecule has 1 amide bonds. The fourth-order valence-electron chi connectivity index (χ4n) is 4.99. The Morgan fingerprint density at radius 3 is 2.39 bits per heavy atom. The second kappa shape index (κ2) is 11.2. The van der Waals surface area contributed by atoms with Gasteiger partial charge in [-0.05, 0) is 67.1 Å². The van der Waals surface area contributed by atoms with Crippen LogP contribution >= 0.6 is 38.6 Å². The maximum atomic E-state index is 13.4. The molecule has 2 atom stereocenters. The van der Waals surface area contributed by atoms with Gasteiger partial charge in [-0.2, -0.15) is 32.0 Å². The lowest BCUT2D eigenvalue weighted by atomic mass is 10.1. The number of pyridine rings is 1. The Kier molecular flexibility index (Phi) is 8.19. The van der Waals surface area contributed by atoms with Gasteiger partial charge >= 0.3 is 0 Å². The monoisotopic (exact) mass is 572 g/mol. The van der Waals surface area contributed by atoms with Crippen molar-refractivity contribution in [2.24, 2.45) is 0 Å². The largest absolute Gasteiger partial charge is 0.484 e. The third-order valence-electron chi connectivity index (χ3n) is 6.69. The summed E-state index contributed by atoms with van der Waals surface area (Å²) in [7, 11) is 0. The fraction of sp³-hybridized carbons (Fsp3) is 0.231. The van der Waals surface area contributed by atoms with Crippen LogP contribution in [0.5, 0.6) is 5.75 Å². The lowest BCUT2D eigenvalue weighted by Gasteiger charge is -2.35. The van der Waals surface area contributed by atoms with Gasteiger partial charge in [-0.15, -0.1) is 0 Å². The molecule has 0 unspecified atom stereocenters. The predicted molar refractivity (Wildman–Crippen MR) is 156 cm³/mol. The highest BCUT2D eigenvalue weighted by atomic mass is 35.5. The summed E-state index contributed by atoms with van der Waals surface area (Å²) in [6.45, 7) is 1.15. The third-order valence-corrected chi connectivity index (χ3v) is 6.94. The second-order valence-corrected chi connectivity index (χ2v) is 9.40. The predicted octanol–water partition coefficient (Wildman–Crippen LogP) is 4.16.